The lowest BCUT2D eigenvalue weighted by Crippen LogP contribution is -2.09. The van der Waals surface area contributed by atoms with Gasteiger partial charge in [-0.2, -0.15) is 11.8 Å². The Hall–Kier alpha value is -2.22. The summed E-state index contributed by atoms with van der Waals surface area (Å²) in [5.41, 5.74) is 0.994. The van der Waals surface area contributed by atoms with Crippen molar-refractivity contribution >= 4 is 23.2 Å². The summed E-state index contributed by atoms with van der Waals surface area (Å²) < 4.78 is 28.9. The Morgan fingerprint density at radius 2 is 2.20 bits per heavy atom. The highest BCUT2D eigenvalue weighted by Gasteiger charge is 2.23. The van der Waals surface area contributed by atoms with Crippen molar-refractivity contribution in [3.05, 3.63) is 53.6 Å². The van der Waals surface area contributed by atoms with E-state index in [0.717, 1.165) is 30.1 Å². The Labute approximate surface area is 147 Å². The van der Waals surface area contributed by atoms with Crippen LogP contribution in [0, 0.1) is 11.6 Å². The van der Waals surface area contributed by atoms with E-state index in [1.165, 1.54) is 12.5 Å². The summed E-state index contributed by atoms with van der Waals surface area (Å²) in [5.74, 6) is 1.85. The fourth-order valence-corrected chi connectivity index (χ4v) is 4.28. The Balaban J connectivity index is 1.51. The predicted molar refractivity (Wildman–Crippen MR) is 93.8 cm³/mol. The van der Waals surface area contributed by atoms with Gasteiger partial charge in [-0.05, 0) is 48.8 Å². The van der Waals surface area contributed by atoms with Gasteiger partial charge in [-0.25, -0.2) is 13.8 Å². The predicted octanol–water partition coefficient (Wildman–Crippen LogP) is 3.63. The number of anilines is 1. The number of halogens is 2. The van der Waals surface area contributed by atoms with Crippen molar-refractivity contribution in [2.75, 3.05) is 17.6 Å². The van der Waals surface area contributed by atoms with Gasteiger partial charge in [0.05, 0.1) is 5.25 Å². The zero-order chi connectivity index (χ0) is 17.2. The largest absolute Gasteiger partial charge is 0.367 e. The molecule has 0 radical (unpaired) electrons. The number of hydrogen-bond donors (Lipinski definition) is 1. The summed E-state index contributed by atoms with van der Waals surface area (Å²) in [6.45, 7) is 0.424. The topological polar surface area (TPSA) is 55.1 Å². The lowest BCUT2D eigenvalue weighted by molar-refractivity contribution is 0.586. The highest BCUT2D eigenvalue weighted by molar-refractivity contribution is 7.99. The van der Waals surface area contributed by atoms with E-state index >= 15 is 0 Å². The zero-order valence-corrected chi connectivity index (χ0v) is 14.3. The molecule has 130 valence electrons. The fourth-order valence-electron chi connectivity index (χ4n) is 3.02. The van der Waals surface area contributed by atoms with Gasteiger partial charge in [0.25, 0.3) is 0 Å². The van der Waals surface area contributed by atoms with E-state index in [2.05, 4.69) is 20.5 Å². The van der Waals surface area contributed by atoms with E-state index < -0.39 is 11.6 Å². The SMILES string of the molecule is Fc1ccc(F)c(CCNc2nccn3c([C@@H]4CCCS4)nnc23)c1. The molecule has 3 aromatic rings. The van der Waals surface area contributed by atoms with Gasteiger partial charge >= 0.3 is 0 Å². The van der Waals surface area contributed by atoms with Gasteiger partial charge in [-0.15, -0.1) is 10.2 Å². The average molecular weight is 361 g/mol. The van der Waals surface area contributed by atoms with Crippen LogP contribution >= 0.6 is 11.8 Å². The molecule has 1 aliphatic rings. The number of benzene rings is 1. The number of hydrogen-bond acceptors (Lipinski definition) is 5. The molecule has 1 atom stereocenters. The second-order valence-corrected chi connectivity index (χ2v) is 7.25. The molecule has 1 fully saturated rings. The van der Waals surface area contributed by atoms with Crippen molar-refractivity contribution in [1.82, 2.24) is 19.6 Å². The van der Waals surface area contributed by atoms with E-state index in [0.29, 0.717) is 35.2 Å². The molecule has 4 rings (SSSR count). The van der Waals surface area contributed by atoms with Crippen LogP contribution in [0.2, 0.25) is 0 Å². The van der Waals surface area contributed by atoms with Crippen LogP contribution < -0.4 is 5.32 Å². The minimum absolute atomic E-state index is 0.337. The van der Waals surface area contributed by atoms with Gasteiger partial charge in [0.15, 0.2) is 11.6 Å². The molecule has 1 aliphatic heterocycles. The highest BCUT2D eigenvalue weighted by atomic mass is 32.2. The Morgan fingerprint density at radius 1 is 1.28 bits per heavy atom. The summed E-state index contributed by atoms with van der Waals surface area (Å²) in [6, 6.07) is 3.48. The van der Waals surface area contributed by atoms with Crippen LogP contribution in [0.25, 0.3) is 5.65 Å². The third kappa shape index (κ3) is 3.30. The summed E-state index contributed by atoms with van der Waals surface area (Å²) >= 11 is 1.90. The van der Waals surface area contributed by atoms with Crippen molar-refractivity contribution in [2.24, 2.45) is 0 Å². The summed E-state index contributed by atoms with van der Waals surface area (Å²) in [6.07, 6.45) is 6.21. The first-order valence-corrected chi connectivity index (χ1v) is 9.26. The molecule has 0 amide bonds. The van der Waals surface area contributed by atoms with Gasteiger partial charge < -0.3 is 5.32 Å². The lowest BCUT2D eigenvalue weighted by atomic mass is 10.1. The molecule has 5 nitrogen and oxygen atoms in total. The monoisotopic (exact) mass is 361 g/mol. The van der Waals surface area contributed by atoms with Crippen LogP contribution in [-0.4, -0.2) is 31.9 Å². The van der Waals surface area contributed by atoms with E-state index in [1.54, 1.807) is 6.20 Å². The van der Waals surface area contributed by atoms with E-state index in [-0.39, 0.29) is 0 Å². The van der Waals surface area contributed by atoms with Crippen LogP contribution in [0.1, 0.15) is 29.5 Å². The van der Waals surface area contributed by atoms with E-state index in [1.807, 2.05) is 22.4 Å². The maximum atomic E-state index is 13.7. The van der Waals surface area contributed by atoms with Crippen LogP contribution in [-0.2, 0) is 6.42 Å². The number of nitrogens with zero attached hydrogens (tertiary/aromatic N) is 4. The van der Waals surface area contributed by atoms with Gasteiger partial charge in [-0.3, -0.25) is 4.40 Å². The Kier molecular flexibility index (Phi) is 4.52. The minimum atomic E-state index is -0.437. The van der Waals surface area contributed by atoms with Crippen LogP contribution in [0.15, 0.2) is 30.6 Å². The molecule has 8 heteroatoms. The molecule has 1 saturated heterocycles. The molecule has 0 bridgehead atoms. The van der Waals surface area contributed by atoms with Gasteiger partial charge in [-0.1, -0.05) is 0 Å². The standard InChI is InChI=1S/C17H17F2N5S/c18-12-3-4-13(19)11(10-12)5-6-20-15-17-23-22-16(14-2-1-9-25-14)24(17)8-7-21-15/h3-4,7-8,10,14H,1-2,5-6,9H2,(H,20,21)/t14-/m0/s1. The number of aromatic nitrogens is 4. The molecule has 0 aliphatic carbocycles. The van der Waals surface area contributed by atoms with Crippen molar-refractivity contribution in [2.45, 2.75) is 24.5 Å². The minimum Gasteiger partial charge on any atom is -0.367 e. The normalized spacial score (nSPS) is 17.3. The maximum Gasteiger partial charge on any atom is 0.203 e. The molecule has 1 N–H and O–H groups in total. The Morgan fingerprint density at radius 3 is 3.04 bits per heavy atom. The first-order chi connectivity index (χ1) is 12.2. The third-order valence-corrected chi connectivity index (χ3v) is 5.64. The molecule has 0 spiro atoms. The lowest BCUT2D eigenvalue weighted by Gasteiger charge is -2.09. The van der Waals surface area contributed by atoms with Crippen LogP contribution in [0.5, 0.6) is 0 Å². The van der Waals surface area contributed by atoms with Crippen molar-refractivity contribution in [3.63, 3.8) is 0 Å². The maximum absolute atomic E-state index is 13.7. The third-order valence-electron chi connectivity index (χ3n) is 4.27. The van der Waals surface area contributed by atoms with Crippen LogP contribution in [0.3, 0.4) is 0 Å². The van der Waals surface area contributed by atoms with Gasteiger partial charge in [0, 0.05) is 18.9 Å². The molecule has 1 aromatic carbocycles. The van der Waals surface area contributed by atoms with Crippen molar-refractivity contribution < 1.29 is 8.78 Å². The number of thioether (sulfide) groups is 1. The second kappa shape index (κ2) is 6.95. The summed E-state index contributed by atoms with van der Waals surface area (Å²) in [5, 5.41) is 12.1. The quantitative estimate of drug-likeness (QED) is 0.752. The molecular formula is C17H17F2N5S. The fraction of sp³-hybridized carbons (Fsp3) is 0.353. The smallest absolute Gasteiger partial charge is 0.203 e. The van der Waals surface area contributed by atoms with Crippen molar-refractivity contribution in [3.8, 4) is 0 Å². The first-order valence-electron chi connectivity index (χ1n) is 8.21. The summed E-state index contributed by atoms with van der Waals surface area (Å²) in [4.78, 5) is 4.31. The molecule has 3 heterocycles. The van der Waals surface area contributed by atoms with Gasteiger partial charge in [0.1, 0.15) is 11.6 Å². The molecule has 0 unspecified atom stereocenters. The Bertz CT molecular complexity index is 892. The molecule has 0 saturated carbocycles. The van der Waals surface area contributed by atoms with Crippen LogP contribution in [0.4, 0.5) is 14.6 Å². The molecule has 2 aromatic heterocycles. The average Bonchev–Trinajstić information content (AvgIpc) is 3.27. The van der Waals surface area contributed by atoms with Crippen molar-refractivity contribution in [1.29, 1.82) is 0 Å². The highest BCUT2D eigenvalue weighted by Crippen LogP contribution is 2.39. The van der Waals surface area contributed by atoms with E-state index in [4.69, 9.17) is 0 Å². The second-order valence-electron chi connectivity index (χ2n) is 5.94. The first kappa shape index (κ1) is 16.3. The zero-order valence-electron chi connectivity index (χ0n) is 13.5. The summed E-state index contributed by atoms with van der Waals surface area (Å²) in [7, 11) is 0. The molecular weight excluding hydrogens is 344 g/mol. The molecule has 25 heavy (non-hydrogen) atoms. The van der Waals surface area contributed by atoms with E-state index in [9.17, 15) is 8.78 Å². The number of rotatable bonds is 5. The number of fused-ring (bicyclic) bond motifs is 1. The van der Waals surface area contributed by atoms with Gasteiger partial charge in [0.2, 0.25) is 5.65 Å². The number of nitrogens with one attached hydrogen (secondary N) is 1.